The fourth-order valence-corrected chi connectivity index (χ4v) is 5.40. The molecule has 0 heterocycles. The Hall–Kier alpha value is -3.14. The third kappa shape index (κ3) is 7.24. The van der Waals surface area contributed by atoms with E-state index in [4.69, 9.17) is 23.2 Å². The average Bonchev–Trinajstić information content (AvgIpc) is 2.91. The Labute approximate surface area is 232 Å². The number of anilines is 1. The van der Waals surface area contributed by atoms with E-state index in [0.717, 1.165) is 28.6 Å². The largest absolute Gasteiger partial charge is 0.354 e. The van der Waals surface area contributed by atoms with Crippen LogP contribution in [0.2, 0.25) is 10.0 Å². The van der Waals surface area contributed by atoms with E-state index >= 15 is 0 Å². The fraction of sp³-hybridized carbons (Fsp3) is 0.259. The standard InChI is InChI=1S/C27H28Cl2FN3O4S/c1-3-15-31-27(35)19(2)32(17-20-9-14-24(28)25(29)16-20)26(34)18-33(22-7-5-4-6-8-22)38(36,37)23-12-10-21(30)11-13-23/h4-14,16,19H,3,15,17-18H2,1-2H3,(H,31,35)/t19-/m0/s1. The predicted octanol–water partition coefficient (Wildman–Crippen LogP) is 5.27. The van der Waals surface area contributed by atoms with Crippen LogP contribution in [-0.2, 0) is 26.2 Å². The third-order valence-electron chi connectivity index (χ3n) is 5.78. The molecule has 1 N–H and O–H groups in total. The van der Waals surface area contributed by atoms with Crippen molar-refractivity contribution in [1.82, 2.24) is 10.2 Å². The molecule has 0 aliphatic rings. The second-order valence-corrected chi connectivity index (χ2v) is 11.2. The van der Waals surface area contributed by atoms with E-state index in [-0.39, 0.29) is 28.1 Å². The van der Waals surface area contributed by atoms with Gasteiger partial charge in [-0.1, -0.05) is 54.4 Å². The zero-order valence-electron chi connectivity index (χ0n) is 20.9. The number of carbonyl (C=O) groups is 2. The first-order chi connectivity index (χ1) is 18.0. The maximum absolute atomic E-state index is 13.8. The van der Waals surface area contributed by atoms with Gasteiger partial charge in [-0.05, 0) is 67.4 Å². The Morgan fingerprint density at radius 1 is 0.974 bits per heavy atom. The normalized spacial score (nSPS) is 12.0. The van der Waals surface area contributed by atoms with Crippen molar-refractivity contribution >= 4 is 50.7 Å². The Morgan fingerprint density at radius 3 is 2.24 bits per heavy atom. The Morgan fingerprint density at radius 2 is 1.63 bits per heavy atom. The number of hydrogen-bond donors (Lipinski definition) is 1. The van der Waals surface area contributed by atoms with Crippen LogP contribution in [0.15, 0.2) is 77.7 Å². The van der Waals surface area contributed by atoms with Crippen molar-refractivity contribution in [2.45, 2.75) is 37.8 Å². The van der Waals surface area contributed by atoms with Crippen molar-refractivity contribution in [3.8, 4) is 0 Å². The molecule has 3 aromatic rings. The molecule has 7 nitrogen and oxygen atoms in total. The second kappa shape index (κ2) is 13.1. The van der Waals surface area contributed by atoms with Crippen LogP contribution in [0, 0.1) is 5.82 Å². The summed E-state index contributed by atoms with van der Waals surface area (Å²) in [5.41, 5.74) is 0.846. The summed E-state index contributed by atoms with van der Waals surface area (Å²) >= 11 is 12.2. The van der Waals surface area contributed by atoms with Crippen LogP contribution in [-0.4, -0.2) is 44.3 Å². The van der Waals surface area contributed by atoms with Crippen LogP contribution in [0.4, 0.5) is 10.1 Å². The molecular formula is C27H28Cl2FN3O4S. The Bertz CT molecular complexity index is 1370. The molecule has 1 atom stereocenters. The van der Waals surface area contributed by atoms with Gasteiger partial charge < -0.3 is 10.2 Å². The summed E-state index contributed by atoms with van der Waals surface area (Å²) in [7, 11) is -4.26. The molecule has 0 unspecified atom stereocenters. The van der Waals surface area contributed by atoms with Gasteiger partial charge in [0.05, 0.1) is 20.6 Å². The van der Waals surface area contributed by atoms with Gasteiger partial charge in [-0.2, -0.15) is 0 Å². The summed E-state index contributed by atoms with van der Waals surface area (Å²) in [5, 5.41) is 3.39. The van der Waals surface area contributed by atoms with Gasteiger partial charge in [-0.25, -0.2) is 12.8 Å². The minimum absolute atomic E-state index is 0.0182. The highest BCUT2D eigenvalue weighted by molar-refractivity contribution is 7.92. The quantitative estimate of drug-likeness (QED) is 0.335. The van der Waals surface area contributed by atoms with E-state index in [1.54, 1.807) is 55.5 Å². The molecule has 0 radical (unpaired) electrons. The van der Waals surface area contributed by atoms with E-state index in [0.29, 0.717) is 23.6 Å². The van der Waals surface area contributed by atoms with Gasteiger partial charge in [0.25, 0.3) is 10.0 Å². The number of carbonyl (C=O) groups excluding carboxylic acids is 2. The number of hydrogen-bond acceptors (Lipinski definition) is 4. The lowest BCUT2D eigenvalue weighted by Gasteiger charge is -2.32. The van der Waals surface area contributed by atoms with Crippen LogP contribution < -0.4 is 9.62 Å². The predicted molar refractivity (Wildman–Crippen MR) is 147 cm³/mol. The smallest absolute Gasteiger partial charge is 0.264 e. The maximum Gasteiger partial charge on any atom is 0.264 e. The SMILES string of the molecule is CCCNC(=O)[C@H](C)N(Cc1ccc(Cl)c(Cl)c1)C(=O)CN(c1ccccc1)S(=O)(=O)c1ccc(F)cc1. The van der Waals surface area contributed by atoms with Crippen molar-refractivity contribution in [2.24, 2.45) is 0 Å². The molecule has 0 aliphatic heterocycles. The van der Waals surface area contributed by atoms with Crippen molar-refractivity contribution in [2.75, 3.05) is 17.4 Å². The van der Waals surface area contributed by atoms with E-state index in [2.05, 4.69) is 5.32 Å². The van der Waals surface area contributed by atoms with Crippen molar-refractivity contribution in [3.05, 3.63) is 94.2 Å². The topological polar surface area (TPSA) is 86.8 Å². The summed E-state index contributed by atoms with van der Waals surface area (Å²) in [6.45, 7) is 3.28. The molecule has 0 aromatic heterocycles. The van der Waals surface area contributed by atoms with Crippen LogP contribution in [0.3, 0.4) is 0 Å². The van der Waals surface area contributed by atoms with Crippen molar-refractivity contribution < 1.29 is 22.4 Å². The van der Waals surface area contributed by atoms with Crippen LogP contribution >= 0.6 is 23.2 Å². The van der Waals surface area contributed by atoms with Gasteiger partial charge in [0.15, 0.2) is 0 Å². The molecular weight excluding hydrogens is 552 g/mol. The lowest BCUT2D eigenvalue weighted by Crippen LogP contribution is -2.51. The first-order valence-electron chi connectivity index (χ1n) is 11.9. The number of para-hydroxylation sites is 1. The lowest BCUT2D eigenvalue weighted by atomic mass is 10.1. The van der Waals surface area contributed by atoms with Gasteiger partial charge in [0, 0.05) is 13.1 Å². The number of rotatable bonds is 11. The maximum atomic E-state index is 13.8. The summed E-state index contributed by atoms with van der Waals surface area (Å²) < 4.78 is 41.7. The number of sulfonamides is 1. The van der Waals surface area contributed by atoms with Gasteiger partial charge in [-0.3, -0.25) is 13.9 Å². The lowest BCUT2D eigenvalue weighted by molar-refractivity contribution is -0.139. The monoisotopic (exact) mass is 579 g/mol. The van der Waals surface area contributed by atoms with Gasteiger partial charge in [0.1, 0.15) is 18.4 Å². The van der Waals surface area contributed by atoms with Crippen molar-refractivity contribution in [1.29, 1.82) is 0 Å². The van der Waals surface area contributed by atoms with E-state index < -0.39 is 34.3 Å². The molecule has 0 saturated heterocycles. The molecule has 0 bridgehead atoms. The molecule has 0 aliphatic carbocycles. The zero-order chi connectivity index (χ0) is 27.9. The minimum atomic E-state index is -4.26. The average molecular weight is 581 g/mol. The summed E-state index contributed by atoms with van der Waals surface area (Å²) in [6.07, 6.45) is 0.705. The number of nitrogens with one attached hydrogen (secondary N) is 1. The number of benzene rings is 3. The highest BCUT2D eigenvalue weighted by Crippen LogP contribution is 2.26. The molecule has 11 heteroatoms. The van der Waals surface area contributed by atoms with E-state index in [9.17, 15) is 22.4 Å². The molecule has 2 amide bonds. The minimum Gasteiger partial charge on any atom is -0.354 e. The first kappa shape index (κ1) is 29.4. The Balaban J connectivity index is 2.00. The molecule has 0 saturated carbocycles. The molecule has 202 valence electrons. The van der Waals surface area contributed by atoms with Gasteiger partial charge >= 0.3 is 0 Å². The van der Waals surface area contributed by atoms with Crippen LogP contribution in [0.5, 0.6) is 0 Å². The summed E-state index contributed by atoms with van der Waals surface area (Å²) in [4.78, 5) is 27.7. The molecule has 3 rings (SSSR count). The second-order valence-electron chi connectivity index (χ2n) is 8.54. The first-order valence-corrected chi connectivity index (χ1v) is 14.1. The molecule has 38 heavy (non-hydrogen) atoms. The summed E-state index contributed by atoms with van der Waals surface area (Å²) in [5.74, 6) is -1.59. The third-order valence-corrected chi connectivity index (χ3v) is 8.31. The Kier molecular flexibility index (Phi) is 10.1. The van der Waals surface area contributed by atoms with E-state index in [1.807, 2.05) is 6.92 Å². The van der Waals surface area contributed by atoms with Crippen LogP contribution in [0.25, 0.3) is 0 Å². The number of amides is 2. The van der Waals surface area contributed by atoms with E-state index in [1.165, 1.54) is 4.90 Å². The number of nitrogens with zero attached hydrogens (tertiary/aromatic N) is 2. The fourth-order valence-electron chi connectivity index (χ4n) is 3.67. The van der Waals surface area contributed by atoms with Gasteiger partial charge in [0.2, 0.25) is 11.8 Å². The molecule has 0 spiro atoms. The molecule has 3 aromatic carbocycles. The zero-order valence-corrected chi connectivity index (χ0v) is 23.2. The number of halogens is 3. The van der Waals surface area contributed by atoms with Crippen molar-refractivity contribution in [3.63, 3.8) is 0 Å². The molecule has 0 fully saturated rings. The highest BCUT2D eigenvalue weighted by atomic mass is 35.5. The summed E-state index contributed by atoms with van der Waals surface area (Å²) in [6, 6.07) is 16.4. The van der Waals surface area contributed by atoms with Crippen LogP contribution in [0.1, 0.15) is 25.8 Å². The highest BCUT2D eigenvalue weighted by Gasteiger charge is 2.32. The van der Waals surface area contributed by atoms with Gasteiger partial charge in [-0.15, -0.1) is 0 Å².